The molecule has 0 bridgehead atoms. The van der Waals surface area contributed by atoms with Gasteiger partial charge < -0.3 is 4.42 Å². The molecule has 2 aliphatic rings. The molecular weight excluding hydrogens is 280 g/mol. The minimum atomic E-state index is -0.310. The van der Waals surface area contributed by atoms with Gasteiger partial charge in [0, 0.05) is 17.0 Å². The van der Waals surface area contributed by atoms with Gasteiger partial charge in [0.05, 0.1) is 4.47 Å². The van der Waals surface area contributed by atoms with Gasteiger partial charge >= 0.3 is 5.63 Å². The molecule has 17 heavy (non-hydrogen) atoms. The molecule has 0 aliphatic heterocycles. The van der Waals surface area contributed by atoms with Gasteiger partial charge in [-0.25, -0.2) is 4.79 Å². The minimum absolute atomic E-state index is 0.310. The van der Waals surface area contributed by atoms with Crippen molar-refractivity contribution in [1.29, 1.82) is 0 Å². The fourth-order valence-electron chi connectivity index (χ4n) is 2.18. The summed E-state index contributed by atoms with van der Waals surface area (Å²) in [4.78, 5) is 11.4. The molecule has 0 saturated carbocycles. The first-order valence-electron chi connectivity index (χ1n) is 5.29. The van der Waals surface area contributed by atoms with E-state index in [1.807, 2.05) is 37.3 Å². The SMILES string of the molecule is Cc1cc(=O)oc2c(Br)c3cccccc-3c12. The maximum atomic E-state index is 11.4. The van der Waals surface area contributed by atoms with Gasteiger partial charge in [-0.3, -0.25) is 0 Å². The van der Waals surface area contributed by atoms with Crippen molar-refractivity contribution in [2.75, 3.05) is 0 Å². The Labute approximate surface area is 106 Å². The lowest BCUT2D eigenvalue weighted by molar-refractivity contribution is 0.559. The van der Waals surface area contributed by atoms with E-state index in [9.17, 15) is 4.79 Å². The molecule has 0 atom stereocenters. The van der Waals surface area contributed by atoms with Gasteiger partial charge in [0.25, 0.3) is 0 Å². The Bertz CT molecular complexity index is 743. The molecule has 0 saturated heterocycles. The molecular formula is C14H9BrO2. The van der Waals surface area contributed by atoms with Gasteiger partial charge in [0.15, 0.2) is 5.58 Å². The first-order valence-corrected chi connectivity index (χ1v) is 6.08. The molecule has 1 aromatic rings. The van der Waals surface area contributed by atoms with Crippen LogP contribution in [0.5, 0.6) is 0 Å². The summed E-state index contributed by atoms with van der Waals surface area (Å²) in [6.45, 7) is 1.93. The summed E-state index contributed by atoms with van der Waals surface area (Å²) >= 11 is 3.51. The van der Waals surface area contributed by atoms with Crippen molar-refractivity contribution in [2.45, 2.75) is 6.92 Å². The summed E-state index contributed by atoms with van der Waals surface area (Å²) < 4.78 is 6.13. The molecule has 0 N–H and O–H groups in total. The average Bonchev–Trinajstić information content (AvgIpc) is 2.48. The van der Waals surface area contributed by atoms with Crippen LogP contribution in [0.4, 0.5) is 0 Å². The number of rotatable bonds is 0. The number of hydrogen-bond acceptors (Lipinski definition) is 2. The van der Waals surface area contributed by atoms with Crippen LogP contribution in [0.15, 0.2) is 50.1 Å². The van der Waals surface area contributed by atoms with E-state index in [1.54, 1.807) is 0 Å². The van der Waals surface area contributed by atoms with E-state index >= 15 is 0 Å². The highest BCUT2D eigenvalue weighted by molar-refractivity contribution is 9.10. The number of hydrogen-bond donors (Lipinski definition) is 0. The molecule has 0 spiro atoms. The average molecular weight is 289 g/mol. The Morgan fingerprint density at radius 1 is 1.12 bits per heavy atom. The third-order valence-electron chi connectivity index (χ3n) is 2.90. The van der Waals surface area contributed by atoms with Crippen LogP contribution in [0, 0.1) is 6.92 Å². The molecule has 0 radical (unpaired) electrons. The molecule has 0 amide bonds. The maximum Gasteiger partial charge on any atom is 0.336 e. The summed E-state index contributed by atoms with van der Waals surface area (Å²) in [5, 5.41) is 1.00. The molecule has 2 nitrogen and oxygen atoms in total. The van der Waals surface area contributed by atoms with Crippen molar-refractivity contribution in [3.05, 3.63) is 56.9 Å². The fourth-order valence-corrected chi connectivity index (χ4v) is 2.80. The van der Waals surface area contributed by atoms with Gasteiger partial charge in [0.2, 0.25) is 0 Å². The van der Waals surface area contributed by atoms with Crippen molar-refractivity contribution in [1.82, 2.24) is 0 Å². The number of aryl methyl sites for hydroxylation is 1. The predicted molar refractivity (Wildman–Crippen MR) is 71.5 cm³/mol. The molecule has 84 valence electrons. The van der Waals surface area contributed by atoms with Gasteiger partial charge in [0.1, 0.15) is 0 Å². The Hall–Kier alpha value is -1.61. The van der Waals surface area contributed by atoms with Gasteiger partial charge in [-0.2, -0.15) is 0 Å². The lowest BCUT2D eigenvalue weighted by Gasteiger charge is -1.96. The van der Waals surface area contributed by atoms with Gasteiger partial charge in [-0.15, -0.1) is 0 Å². The zero-order valence-corrected chi connectivity index (χ0v) is 10.7. The van der Waals surface area contributed by atoms with Gasteiger partial charge in [-0.05, 0) is 34.0 Å². The Morgan fingerprint density at radius 2 is 1.82 bits per heavy atom. The Kier molecular flexibility index (Phi) is 2.30. The van der Waals surface area contributed by atoms with E-state index in [0.717, 1.165) is 26.5 Å². The standard InChI is InChI=1S/C14H9BrO2/c1-8-7-11(16)17-14-12(8)9-5-3-2-4-6-10(9)13(14)15/h2-7H,1H3. The van der Waals surface area contributed by atoms with E-state index in [0.29, 0.717) is 5.58 Å². The van der Waals surface area contributed by atoms with E-state index in [2.05, 4.69) is 15.9 Å². The van der Waals surface area contributed by atoms with Crippen LogP contribution in [-0.2, 0) is 0 Å². The van der Waals surface area contributed by atoms with Crippen molar-refractivity contribution in [3.63, 3.8) is 0 Å². The zero-order valence-electron chi connectivity index (χ0n) is 9.16. The van der Waals surface area contributed by atoms with E-state index in [4.69, 9.17) is 4.42 Å². The predicted octanol–water partition coefficient (Wildman–Crippen LogP) is 3.97. The largest absolute Gasteiger partial charge is 0.421 e. The number of fused-ring (bicyclic) bond motifs is 3. The zero-order chi connectivity index (χ0) is 12.0. The maximum absolute atomic E-state index is 11.4. The first kappa shape index (κ1) is 10.5. The summed E-state index contributed by atoms with van der Waals surface area (Å²) in [7, 11) is 0. The van der Waals surface area contributed by atoms with E-state index in [1.165, 1.54) is 6.07 Å². The van der Waals surface area contributed by atoms with Crippen LogP contribution < -0.4 is 5.63 Å². The highest BCUT2D eigenvalue weighted by Gasteiger charge is 2.18. The highest BCUT2D eigenvalue weighted by Crippen LogP contribution is 2.42. The van der Waals surface area contributed by atoms with Crippen molar-refractivity contribution in [3.8, 4) is 11.1 Å². The normalized spacial score (nSPS) is 11.2. The topological polar surface area (TPSA) is 30.2 Å². The molecule has 3 rings (SSSR count). The molecule has 1 aromatic heterocycles. The van der Waals surface area contributed by atoms with Crippen molar-refractivity contribution < 1.29 is 4.42 Å². The fraction of sp³-hybridized carbons (Fsp3) is 0.0714. The lowest BCUT2D eigenvalue weighted by atomic mass is 10.1. The Balaban J connectivity index is 2.64. The smallest absolute Gasteiger partial charge is 0.336 e. The third-order valence-corrected chi connectivity index (χ3v) is 3.69. The summed E-state index contributed by atoms with van der Waals surface area (Å²) in [5.41, 5.74) is 3.42. The quantitative estimate of drug-likeness (QED) is 0.627. The second kappa shape index (κ2) is 3.70. The van der Waals surface area contributed by atoms with Crippen LogP contribution in [0.2, 0.25) is 0 Å². The van der Waals surface area contributed by atoms with Crippen LogP contribution in [-0.4, -0.2) is 0 Å². The van der Waals surface area contributed by atoms with Crippen molar-refractivity contribution >= 4 is 26.9 Å². The first-order chi connectivity index (χ1) is 8.18. The lowest BCUT2D eigenvalue weighted by Crippen LogP contribution is -1.96. The van der Waals surface area contributed by atoms with Gasteiger partial charge in [-0.1, -0.05) is 30.3 Å². The van der Waals surface area contributed by atoms with Crippen LogP contribution >= 0.6 is 15.9 Å². The third kappa shape index (κ3) is 1.50. The summed E-state index contributed by atoms with van der Waals surface area (Å²) in [6, 6.07) is 11.5. The Morgan fingerprint density at radius 3 is 2.59 bits per heavy atom. The highest BCUT2D eigenvalue weighted by atomic mass is 79.9. The molecule has 0 unspecified atom stereocenters. The molecule has 0 fully saturated rings. The van der Waals surface area contributed by atoms with Crippen LogP contribution in [0.3, 0.4) is 0 Å². The van der Waals surface area contributed by atoms with E-state index < -0.39 is 0 Å². The van der Waals surface area contributed by atoms with Crippen LogP contribution in [0.1, 0.15) is 5.56 Å². The van der Waals surface area contributed by atoms with Crippen LogP contribution in [0.25, 0.3) is 22.1 Å². The monoisotopic (exact) mass is 288 g/mol. The van der Waals surface area contributed by atoms with E-state index in [-0.39, 0.29) is 5.63 Å². The second-order valence-corrected chi connectivity index (χ2v) is 4.80. The van der Waals surface area contributed by atoms with Crippen molar-refractivity contribution in [2.24, 2.45) is 0 Å². The second-order valence-electron chi connectivity index (χ2n) is 4.00. The molecule has 2 aliphatic carbocycles. The summed E-state index contributed by atoms with van der Waals surface area (Å²) in [6.07, 6.45) is 0. The molecule has 0 aromatic carbocycles. The number of halogens is 1. The molecule has 1 heterocycles. The molecule has 3 heteroatoms. The summed E-state index contributed by atoms with van der Waals surface area (Å²) in [5.74, 6) is 0. The minimum Gasteiger partial charge on any atom is -0.421 e.